The van der Waals surface area contributed by atoms with Crippen LogP contribution >= 0.6 is 23.4 Å². The molecule has 0 aromatic carbocycles. The van der Waals surface area contributed by atoms with Crippen molar-refractivity contribution >= 4 is 23.4 Å². The van der Waals surface area contributed by atoms with E-state index in [0.29, 0.717) is 10.3 Å². The summed E-state index contributed by atoms with van der Waals surface area (Å²) < 4.78 is 37.9. The van der Waals surface area contributed by atoms with Crippen LogP contribution in [-0.4, -0.2) is 10.2 Å². The average molecular weight is 296 g/mol. The van der Waals surface area contributed by atoms with Crippen molar-refractivity contribution in [2.45, 2.75) is 48.6 Å². The van der Waals surface area contributed by atoms with Crippen LogP contribution in [0.4, 0.5) is 13.2 Å². The second-order valence-electron chi connectivity index (χ2n) is 4.39. The number of rotatable bonds is 2. The first-order chi connectivity index (χ1) is 8.45. The third-order valence-corrected chi connectivity index (χ3v) is 4.39. The third kappa shape index (κ3) is 3.79. The molecule has 1 aromatic rings. The van der Waals surface area contributed by atoms with Gasteiger partial charge in [0.15, 0.2) is 0 Å². The smallest absolute Gasteiger partial charge is 0.230 e. The zero-order chi connectivity index (χ0) is 13.2. The molecular weight excluding hydrogens is 283 g/mol. The Hall–Kier alpha value is -0.420. The summed E-state index contributed by atoms with van der Waals surface area (Å²) in [7, 11) is 0. The van der Waals surface area contributed by atoms with Gasteiger partial charge in [0.05, 0.1) is 10.6 Å². The Balaban J connectivity index is 2.14. The van der Waals surface area contributed by atoms with E-state index in [9.17, 15) is 13.2 Å². The highest BCUT2D eigenvalue weighted by atomic mass is 35.5. The van der Waals surface area contributed by atoms with Crippen LogP contribution in [0.2, 0.25) is 5.15 Å². The molecule has 0 spiro atoms. The fraction of sp³-hybridized carbons (Fsp3) is 0.583. The first-order valence-corrected chi connectivity index (χ1v) is 7.12. The highest BCUT2D eigenvalue weighted by Gasteiger charge is 2.31. The van der Waals surface area contributed by atoms with E-state index in [1.165, 1.54) is 18.2 Å². The van der Waals surface area contributed by atoms with E-state index in [1.807, 2.05) is 0 Å². The van der Waals surface area contributed by atoms with Crippen LogP contribution < -0.4 is 0 Å². The van der Waals surface area contributed by atoms with Gasteiger partial charge in [-0.1, -0.05) is 30.9 Å². The van der Waals surface area contributed by atoms with Crippen molar-refractivity contribution in [3.05, 3.63) is 22.8 Å². The highest BCUT2D eigenvalue weighted by molar-refractivity contribution is 7.99. The molecule has 0 saturated heterocycles. The van der Waals surface area contributed by atoms with E-state index < -0.39 is 11.7 Å². The fourth-order valence-electron chi connectivity index (χ4n) is 2.05. The first kappa shape index (κ1) is 14.0. The van der Waals surface area contributed by atoms with Gasteiger partial charge in [-0.25, -0.2) is 4.98 Å². The predicted molar refractivity (Wildman–Crippen MR) is 67.0 cm³/mol. The van der Waals surface area contributed by atoms with Gasteiger partial charge in [-0.15, -0.1) is 11.8 Å². The molecule has 2 rings (SSSR count). The molecule has 0 amide bonds. The topological polar surface area (TPSA) is 12.9 Å². The van der Waals surface area contributed by atoms with E-state index in [0.717, 1.165) is 37.8 Å². The lowest BCUT2D eigenvalue weighted by Gasteiger charge is -2.20. The number of thioether (sulfide) groups is 1. The molecule has 1 nitrogen and oxygen atoms in total. The number of hydrogen-bond donors (Lipinski definition) is 0. The normalized spacial score (nSPS) is 18.0. The Morgan fingerprint density at radius 3 is 2.44 bits per heavy atom. The number of pyridine rings is 1. The monoisotopic (exact) mass is 295 g/mol. The van der Waals surface area contributed by atoms with Crippen LogP contribution in [0.15, 0.2) is 17.2 Å². The van der Waals surface area contributed by atoms with Crippen molar-refractivity contribution in [1.29, 1.82) is 0 Å². The zero-order valence-electron chi connectivity index (χ0n) is 9.63. The molecule has 0 radical (unpaired) electrons. The summed E-state index contributed by atoms with van der Waals surface area (Å²) in [5.74, 6) is 0. The Morgan fingerprint density at radius 2 is 1.83 bits per heavy atom. The largest absolute Gasteiger partial charge is 0.416 e. The van der Waals surface area contributed by atoms with Crippen LogP contribution in [0.25, 0.3) is 0 Å². The maximum absolute atomic E-state index is 12.6. The lowest BCUT2D eigenvalue weighted by molar-refractivity contribution is -0.137. The summed E-state index contributed by atoms with van der Waals surface area (Å²) in [5.41, 5.74) is -0.721. The molecular formula is C12H13ClF3NS. The van der Waals surface area contributed by atoms with Crippen molar-refractivity contribution in [2.24, 2.45) is 0 Å². The molecule has 0 bridgehead atoms. The fourth-order valence-corrected chi connectivity index (χ4v) is 3.57. The standard InChI is InChI=1S/C12H13ClF3NS/c13-10-6-8(12(14,15)16)7-11(17-10)18-9-4-2-1-3-5-9/h6-7,9H,1-5H2. The number of halogens is 4. The molecule has 0 atom stereocenters. The molecule has 1 fully saturated rings. The maximum Gasteiger partial charge on any atom is 0.416 e. The van der Waals surface area contributed by atoms with Gasteiger partial charge in [-0.05, 0) is 25.0 Å². The van der Waals surface area contributed by atoms with Crippen molar-refractivity contribution < 1.29 is 13.2 Å². The molecule has 0 aliphatic heterocycles. The van der Waals surface area contributed by atoms with Gasteiger partial charge in [-0.2, -0.15) is 13.2 Å². The summed E-state index contributed by atoms with van der Waals surface area (Å²) in [6, 6.07) is 1.96. The minimum absolute atomic E-state index is 0.0943. The van der Waals surface area contributed by atoms with Crippen LogP contribution in [0.3, 0.4) is 0 Å². The van der Waals surface area contributed by atoms with Gasteiger partial charge in [0, 0.05) is 5.25 Å². The van der Waals surface area contributed by atoms with Crippen LogP contribution in [0, 0.1) is 0 Å². The van der Waals surface area contributed by atoms with Gasteiger partial charge in [-0.3, -0.25) is 0 Å². The molecule has 1 aromatic heterocycles. The van der Waals surface area contributed by atoms with Crippen molar-refractivity contribution in [3.63, 3.8) is 0 Å². The second-order valence-corrected chi connectivity index (χ2v) is 6.10. The predicted octanol–water partition coefficient (Wildman–Crippen LogP) is 5.18. The lowest BCUT2D eigenvalue weighted by atomic mass is 10.0. The summed E-state index contributed by atoms with van der Waals surface area (Å²) >= 11 is 7.06. The number of alkyl halides is 3. The quantitative estimate of drug-likeness (QED) is 0.697. The van der Waals surface area contributed by atoms with Crippen LogP contribution in [-0.2, 0) is 6.18 Å². The molecule has 100 valence electrons. The van der Waals surface area contributed by atoms with E-state index in [-0.39, 0.29) is 5.15 Å². The second kappa shape index (κ2) is 5.70. The van der Waals surface area contributed by atoms with Crippen LogP contribution in [0.1, 0.15) is 37.7 Å². The third-order valence-electron chi connectivity index (χ3n) is 2.94. The van der Waals surface area contributed by atoms with E-state index >= 15 is 0 Å². The van der Waals surface area contributed by atoms with E-state index in [2.05, 4.69) is 4.98 Å². The van der Waals surface area contributed by atoms with Gasteiger partial charge in [0.25, 0.3) is 0 Å². The zero-order valence-corrected chi connectivity index (χ0v) is 11.2. The Bertz CT molecular complexity index is 416. The molecule has 6 heteroatoms. The summed E-state index contributed by atoms with van der Waals surface area (Å²) in [4.78, 5) is 3.97. The molecule has 1 aliphatic carbocycles. The molecule has 0 N–H and O–H groups in total. The Kier molecular flexibility index (Phi) is 4.43. The molecule has 1 aliphatic rings. The molecule has 1 saturated carbocycles. The van der Waals surface area contributed by atoms with Crippen LogP contribution in [0.5, 0.6) is 0 Å². The summed E-state index contributed by atoms with van der Waals surface area (Å²) in [5, 5.41) is 0.649. The van der Waals surface area contributed by atoms with Gasteiger partial charge < -0.3 is 0 Å². The average Bonchev–Trinajstić information content (AvgIpc) is 2.28. The number of nitrogens with zero attached hydrogens (tertiary/aromatic N) is 1. The summed E-state index contributed by atoms with van der Waals surface area (Å²) in [6.07, 6.45) is 1.22. The Labute approximate surface area is 113 Å². The van der Waals surface area contributed by atoms with Gasteiger partial charge in [0.1, 0.15) is 5.15 Å². The van der Waals surface area contributed by atoms with Gasteiger partial charge in [0.2, 0.25) is 0 Å². The number of hydrogen-bond acceptors (Lipinski definition) is 2. The van der Waals surface area contributed by atoms with Gasteiger partial charge >= 0.3 is 6.18 Å². The molecule has 18 heavy (non-hydrogen) atoms. The molecule has 1 heterocycles. The minimum atomic E-state index is -4.37. The summed E-state index contributed by atoms with van der Waals surface area (Å²) in [6.45, 7) is 0. The Morgan fingerprint density at radius 1 is 1.17 bits per heavy atom. The first-order valence-electron chi connectivity index (χ1n) is 5.86. The van der Waals surface area contributed by atoms with Crippen molar-refractivity contribution in [3.8, 4) is 0 Å². The minimum Gasteiger partial charge on any atom is -0.230 e. The molecule has 0 unspecified atom stereocenters. The van der Waals surface area contributed by atoms with E-state index in [1.54, 1.807) is 0 Å². The van der Waals surface area contributed by atoms with Crippen molar-refractivity contribution in [2.75, 3.05) is 0 Å². The van der Waals surface area contributed by atoms with E-state index in [4.69, 9.17) is 11.6 Å². The lowest BCUT2D eigenvalue weighted by Crippen LogP contribution is -2.09. The van der Waals surface area contributed by atoms with Crippen molar-refractivity contribution in [1.82, 2.24) is 4.98 Å². The SMILES string of the molecule is FC(F)(F)c1cc(Cl)nc(SC2CCCCC2)c1. The highest BCUT2D eigenvalue weighted by Crippen LogP contribution is 2.37. The number of aromatic nitrogens is 1. The maximum atomic E-state index is 12.6.